The van der Waals surface area contributed by atoms with E-state index in [9.17, 15) is 9.59 Å². The molecule has 1 aliphatic rings. The van der Waals surface area contributed by atoms with Gasteiger partial charge in [0.25, 0.3) is 5.91 Å². The molecule has 1 heterocycles. The van der Waals surface area contributed by atoms with Gasteiger partial charge in [0.2, 0.25) is 0 Å². The van der Waals surface area contributed by atoms with Crippen LogP contribution in [0.3, 0.4) is 0 Å². The molecule has 3 aromatic rings. The maximum absolute atomic E-state index is 12.3. The summed E-state index contributed by atoms with van der Waals surface area (Å²) in [4.78, 5) is 24.5. The van der Waals surface area contributed by atoms with Crippen molar-refractivity contribution in [1.29, 1.82) is 0 Å². The van der Waals surface area contributed by atoms with Crippen LogP contribution in [0.25, 0.3) is 11.0 Å². The summed E-state index contributed by atoms with van der Waals surface area (Å²) in [5, 5.41) is 4.17. The Balaban J connectivity index is 1.59. The van der Waals surface area contributed by atoms with Crippen molar-refractivity contribution in [1.82, 2.24) is 0 Å². The molecule has 0 radical (unpaired) electrons. The number of carbonyl (C=O) groups excluding carboxylic acids is 1. The normalized spacial score (nSPS) is 12.8. The van der Waals surface area contributed by atoms with E-state index in [1.807, 2.05) is 32.0 Å². The highest BCUT2D eigenvalue weighted by Gasteiger charge is 2.22. The number of amides is 1. The molecule has 1 amide bonds. The monoisotopic (exact) mass is 397 g/mol. The van der Waals surface area contributed by atoms with E-state index in [0.29, 0.717) is 22.0 Å². The minimum absolute atomic E-state index is 0.155. The molecule has 1 aromatic heterocycles. The quantitative estimate of drug-likeness (QED) is 0.655. The van der Waals surface area contributed by atoms with Gasteiger partial charge in [0.15, 0.2) is 6.61 Å². The minimum Gasteiger partial charge on any atom is -0.483 e. The topological polar surface area (TPSA) is 68.5 Å². The van der Waals surface area contributed by atoms with E-state index >= 15 is 0 Å². The summed E-state index contributed by atoms with van der Waals surface area (Å²) < 4.78 is 11.3. The third-order valence-electron chi connectivity index (χ3n) is 4.99. The number of carbonyl (C=O) groups is 1. The molecule has 144 valence electrons. The minimum atomic E-state index is -0.288. The molecule has 1 aliphatic carbocycles. The van der Waals surface area contributed by atoms with E-state index in [4.69, 9.17) is 20.8 Å². The molecular formula is C22H20ClNO4. The fourth-order valence-corrected chi connectivity index (χ4v) is 3.81. The Morgan fingerprint density at radius 2 is 1.96 bits per heavy atom. The van der Waals surface area contributed by atoms with Crippen LogP contribution in [0.1, 0.15) is 28.7 Å². The predicted molar refractivity (Wildman–Crippen MR) is 110 cm³/mol. The molecule has 0 saturated carbocycles. The van der Waals surface area contributed by atoms with Crippen molar-refractivity contribution in [2.75, 3.05) is 11.9 Å². The van der Waals surface area contributed by atoms with Crippen molar-refractivity contribution in [3.8, 4) is 5.75 Å². The van der Waals surface area contributed by atoms with Gasteiger partial charge in [-0.05, 0) is 74.1 Å². The lowest BCUT2D eigenvalue weighted by Crippen LogP contribution is -2.20. The number of fused-ring (bicyclic) bond motifs is 3. The smallest absolute Gasteiger partial charge is 0.339 e. The maximum Gasteiger partial charge on any atom is 0.339 e. The average Bonchev–Trinajstić information content (AvgIpc) is 3.13. The zero-order valence-corrected chi connectivity index (χ0v) is 16.5. The molecule has 0 saturated heterocycles. The van der Waals surface area contributed by atoms with E-state index in [1.54, 1.807) is 12.1 Å². The summed E-state index contributed by atoms with van der Waals surface area (Å²) in [7, 11) is 0. The van der Waals surface area contributed by atoms with E-state index in [2.05, 4.69) is 5.32 Å². The van der Waals surface area contributed by atoms with Gasteiger partial charge in [-0.2, -0.15) is 0 Å². The molecular weight excluding hydrogens is 378 g/mol. The second-order valence-corrected chi connectivity index (χ2v) is 7.54. The first kappa shape index (κ1) is 18.6. The van der Waals surface area contributed by atoms with E-state index < -0.39 is 0 Å². The van der Waals surface area contributed by atoms with Crippen LogP contribution in [0.15, 0.2) is 39.5 Å². The van der Waals surface area contributed by atoms with Crippen LogP contribution in [-0.2, 0) is 17.6 Å². The number of ether oxygens (including phenoxy) is 1. The van der Waals surface area contributed by atoms with Crippen LogP contribution < -0.4 is 15.7 Å². The van der Waals surface area contributed by atoms with Crippen LogP contribution in [-0.4, -0.2) is 12.5 Å². The van der Waals surface area contributed by atoms with Crippen molar-refractivity contribution in [3.05, 3.63) is 68.0 Å². The van der Waals surface area contributed by atoms with Crippen LogP contribution in [0, 0.1) is 13.8 Å². The van der Waals surface area contributed by atoms with Crippen molar-refractivity contribution in [2.24, 2.45) is 0 Å². The zero-order valence-electron chi connectivity index (χ0n) is 15.7. The molecule has 4 rings (SSSR count). The third-order valence-corrected chi connectivity index (χ3v) is 5.40. The Hall–Kier alpha value is -2.79. The van der Waals surface area contributed by atoms with Gasteiger partial charge in [0, 0.05) is 16.3 Å². The van der Waals surface area contributed by atoms with Crippen molar-refractivity contribution < 1.29 is 13.9 Å². The number of hydrogen-bond acceptors (Lipinski definition) is 4. The van der Waals surface area contributed by atoms with E-state index in [-0.39, 0.29) is 18.1 Å². The summed E-state index contributed by atoms with van der Waals surface area (Å²) in [6.07, 6.45) is 2.45. The SMILES string of the molecule is Cc1cc(OCC(=O)Nc2ccc(C)c(Cl)c2)c2c3c(c(=O)oc2c1)CCC3. The second kappa shape index (κ2) is 7.32. The second-order valence-electron chi connectivity index (χ2n) is 7.14. The van der Waals surface area contributed by atoms with Gasteiger partial charge in [-0.25, -0.2) is 4.79 Å². The summed E-state index contributed by atoms with van der Waals surface area (Å²) in [5.74, 6) is 0.276. The van der Waals surface area contributed by atoms with Crippen LogP contribution >= 0.6 is 11.6 Å². The lowest BCUT2D eigenvalue weighted by molar-refractivity contribution is -0.118. The molecule has 0 unspecified atom stereocenters. The lowest BCUT2D eigenvalue weighted by Gasteiger charge is -2.13. The number of nitrogens with one attached hydrogen (secondary N) is 1. The number of anilines is 1. The first-order valence-electron chi connectivity index (χ1n) is 9.20. The molecule has 28 heavy (non-hydrogen) atoms. The molecule has 1 N–H and O–H groups in total. The van der Waals surface area contributed by atoms with E-state index in [0.717, 1.165) is 46.9 Å². The summed E-state index contributed by atoms with van der Waals surface area (Å²) in [5.41, 5.74) is 4.39. The summed E-state index contributed by atoms with van der Waals surface area (Å²) in [6.45, 7) is 3.64. The Bertz CT molecular complexity index is 1150. The molecule has 0 bridgehead atoms. The highest BCUT2D eigenvalue weighted by molar-refractivity contribution is 6.31. The van der Waals surface area contributed by atoms with Crippen molar-refractivity contribution >= 4 is 34.2 Å². The molecule has 0 fully saturated rings. The average molecular weight is 398 g/mol. The highest BCUT2D eigenvalue weighted by atomic mass is 35.5. The zero-order chi connectivity index (χ0) is 19.8. The largest absolute Gasteiger partial charge is 0.483 e. The molecule has 0 atom stereocenters. The van der Waals surface area contributed by atoms with Gasteiger partial charge in [0.05, 0.1) is 5.39 Å². The first-order chi connectivity index (χ1) is 13.4. The van der Waals surface area contributed by atoms with Crippen LogP contribution in [0.5, 0.6) is 5.75 Å². The maximum atomic E-state index is 12.3. The highest BCUT2D eigenvalue weighted by Crippen LogP contribution is 2.35. The number of halogens is 1. The van der Waals surface area contributed by atoms with Crippen molar-refractivity contribution in [2.45, 2.75) is 33.1 Å². The standard InChI is InChI=1S/C22H20ClNO4/c1-12-8-18(21-15-4-3-5-16(15)22(26)28-19(21)9-12)27-11-20(25)24-14-7-6-13(2)17(23)10-14/h6-10H,3-5,11H2,1-2H3,(H,24,25). The fourth-order valence-electron chi connectivity index (χ4n) is 3.63. The van der Waals surface area contributed by atoms with Gasteiger partial charge in [-0.15, -0.1) is 0 Å². The number of hydrogen-bond donors (Lipinski definition) is 1. The van der Waals surface area contributed by atoms with E-state index in [1.165, 1.54) is 0 Å². The fraction of sp³-hybridized carbons (Fsp3) is 0.273. The summed E-state index contributed by atoms with van der Waals surface area (Å²) in [6, 6.07) is 9.05. The first-order valence-corrected chi connectivity index (χ1v) is 9.58. The molecule has 5 nitrogen and oxygen atoms in total. The van der Waals surface area contributed by atoms with Gasteiger partial charge in [-0.3, -0.25) is 4.79 Å². The molecule has 2 aromatic carbocycles. The Kier molecular flexibility index (Phi) is 4.85. The lowest BCUT2D eigenvalue weighted by atomic mass is 10.0. The Labute approximate surface area is 167 Å². The van der Waals surface area contributed by atoms with Crippen LogP contribution in [0.2, 0.25) is 5.02 Å². The van der Waals surface area contributed by atoms with Gasteiger partial charge in [-0.1, -0.05) is 17.7 Å². The summed E-state index contributed by atoms with van der Waals surface area (Å²) >= 11 is 6.10. The van der Waals surface area contributed by atoms with Gasteiger partial charge < -0.3 is 14.5 Å². The van der Waals surface area contributed by atoms with Crippen LogP contribution in [0.4, 0.5) is 5.69 Å². The predicted octanol–water partition coefficient (Wildman–Crippen LogP) is 4.57. The third kappa shape index (κ3) is 3.50. The van der Waals surface area contributed by atoms with Crippen molar-refractivity contribution in [3.63, 3.8) is 0 Å². The number of rotatable bonds is 4. The molecule has 6 heteroatoms. The molecule has 0 aliphatic heterocycles. The van der Waals surface area contributed by atoms with Gasteiger partial charge in [0.1, 0.15) is 11.3 Å². The Morgan fingerprint density at radius 3 is 2.75 bits per heavy atom. The van der Waals surface area contributed by atoms with Gasteiger partial charge >= 0.3 is 5.63 Å². The Morgan fingerprint density at radius 1 is 1.18 bits per heavy atom. The number of benzene rings is 2. The molecule has 0 spiro atoms. The number of aryl methyl sites for hydroxylation is 3.